The highest BCUT2D eigenvalue weighted by molar-refractivity contribution is 5.85. The molecular formula is C16H20ClNO5. The number of benzene rings is 1. The van der Waals surface area contributed by atoms with Gasteiger partial charge in [-0.15, -0.1) is 12.4 Å². The molecule has 6 nitrogen and oxygen atoms in total. The molecule has 1 aromatic carbocycles. The third-order valence-electron chi connectivity index (χ3n) is 3.28. The maximum Gasteiger partial charge on any atom is 0.231 e. The SMILES string of the molecule is Cl.OC(CNCc1ccco1)COCc1ccc2c(c1)OCO2. The van der Waals surface area contributed by atoms with Gasteiger partial charge in [0, 0.05) is 6.54 Å². The molecule has 23 heavy (non-hydrogen) atoms. The van der Waals surface area contributed by atoms with E-state index in [-0.39, 0.29) is 25.8 Å². The van der Waals surface area contributed by atoms with Crippen molar-refractivity contribution in [3.05, 3.63) is 47.9 Å². The van der Waals surface area contributed by atoms with Crippen LogP contribution in [0.2, 0.25) is 0 Å². The summed E-state index contributed by atoms with van der Waals surface area (Å²) >= 11 is 0. The number of halogens is 1. The van der Waals surface area contributed by atoms with Crippen molar-refractivity contribution in [2.24, 2.45) is 0 Å². The Bertz CT molecular complexity index is 590. The standard InChI is InChI=1S/C16H19NO5.ClH/c18-13(7-17-8-14-2-1-5-20-14)10-19-9-12-3-4-15-16(6-12)22-11-21-15;/h1-6,13,17-18H,7-11H2;1H. The average Bonchev–Trinajstić information content (AvgIpc) is 3.17. The first-order valence-corrected chi connectivity index (χ1v) is 7.19. The average molecular weight is 342 g/mol. The molecular weight excluding hydrogens is 322 g/mol. The third-order valence-corrected chi connectivity index (χ3v) is 3.28. The molecule has 0 saturated carbocycles. The topological polar surface area (TPSA) is 73.1 Å². The maximum atomic E-state index is 9.85. The van der Waals surface area contributed by atoms with E-state index in [9.17, 15) is 5.11 Å². The second-order valence-electron chi connectivity index (χ2n) is 5.07. The van der Waals surface area contributed by atoms with Crippen molar-refractivity contribution in [2.75, 3.05) is 19.9 Å². The highest BCUT2D eigenvalue weighted by atomic mass is 35.5. The summed E-state index contributed by atoms with van der Waals surface area (Å²) < 4.78 is 21.3. The zero-order valence-corrected chi connectivity index (χ0v) is 13.4. The van der Waals surface area contributed by atoms with Crippen LogP contribution in [0.3, 0.4) is 0 Å². The number of nitrogens with one attached hydrogen (secondary N) is 1. The Morgan fingerprint density at radius 1 is 1.22 bits per heavy atom. The quantitative estimate of drug-likeness (QED) is 0.766. The van der Waals surface area contributed by atoms with Crippen molar-refractivity contribution in [2.45, 2.75) is 19.3 Å². The monoisotopic (exact) mass is 341 g/mol. The third kappa shape index (κ3) is 5.14. The Hall–Kier alpha value is -1.73. The molecule has 3 rings (SSSR count). The molecule has 1 aliphatic rings. The van der Waals surface area contributed by atoms with E-state index in [0.29, 0.717) is 19.7 Å². The molecule has 1 atom stereocenters. The van der Waals surface area contributed by atoms with Crippen molar-refractivity contribution in [1.29, 1.82) is 0 Å². The van der Waals surface area contributed by atoms with Crippen LogP contribution in [0.1, 0.15) is 11.3 Å². The number of aliphatic hydroxyl groups is 1. The van der Waals surface area contributed by atoms with Gasteiger partial charge in [-0.1, -0.05) is 6.07 Å². The molecule has 2 aromatic rings. The fraction of sp³-hybridized carbons (Fsp3) is 0.375. The second-order valence-corrected chi connectivity index (χ2v) is 5.07. The fourth-order valence-corrected chi connectivity index (χ4v) is 2.18. The Balaban J connectivity index is 0.00000192. The molecule has 7 heteroatoms. The van der Waals surface area contributed by atoms with Crippen LogP contribution in [0, 0.1) is 0 Å². The number of furan rings is 1. The van der Waals surface area contributed by atoms with Gasteiger partial charge in [-0.05, 0) is 29.8 Å². The number of ether oxygens (including phenoxy) is 3. The lowest BCUT2D eigenvalue weighted by Gasteiger charge is -2.12. The van der Waals surface area contributed by atoms with Gasteiger partial charge in [0.15, 0.2) is 11.5 Å². The highest BCUT2D eigenvalue weighted by Crippen LogP contribution is 2.32. The second kappa shape index (κ2) is 8.79. The summed E-state index contributed by atoms with van der Waals surface area (Å²) in [7, 11) is 0. The van der Waals surface area contributed by atoms with Gasteiger partial charge in [0.2, 0.25) is 6.79 Å². The molecule has 0 aliphatic carbocycles. The molecule has 1 aliphatic heterocycles. The minimum atomic E-state index is -0.566. The Kier molecular flexibility index (Phi) is 6.73. The predicted molar refractivity (Wildman–Crippen MR) is 85.9 cm³/mol. The van der Waals surface area contributed by atoms with Crippen LogP contribution in [0.15, 0.2) is 41.0 Å². The Morgan fingerprint density at radius 3 is 2.91 bits per heavy atom. The van der Waals surface area contributed by atoms with Gasteiger partial charge in [0.25, 0.3) is 0 Å². The molecule has 0 saturated heterocycles. The van der Waals surface area contributed by atoms with Gasteiger partial charge in [0.1, 0.15) is 5.76 Å². The van der Waals surface area contributed by atoms with Crippen LogP contribution in [-0.4, -0.2) is 31.2 Å². The van der Waals surface area contributed by atoms with Gasteiger partial charge < -0.3 is 29.1 Å². The van der Waals surface area contributed by atoms with Crippen molar-refractivity contribution < 1.29 is 23.7 Å². The summed E-state index contributed by atoms with van der Waals surface area (Å²) in [6, 6.07) is 9.40. The number of fused-ring (bicyclic) bond motifs is 1. The summed E-state index contributed by atoms with van der Waals surface area (Å²) in [5.41, 5.74) is 0.986. The van der Waals surface area contributed by atoms with Crippen LogP contribution in [0.5, 0.6) is 11.5 Å². The van der Waals surface area contributed by atoms with E-state index in [1.165, 1.54) is 0 Å². The zero-order valence-electron chi connectivity index (χ0n) is 12.6. The fourth-order valence-electron chi connectivity index (χ4n) is 2.18. The van der Waals surface area contributed by atoms with E-state index in [0.717, 1.165) is 22.8 Å². The minimum absolute atomic E-state index is 0. The van der Waals surface area contributed by atoms with Crippen LogP contribution >= 0.6 is 12.4 Å². The summed E-state index contributed by atoms with van der Waals surface area (Å²) in [4.78, 5) is 0. The molecule has 2 N–H and O–H groups in total. The lowest BCUT2D eigenvalue weighted by Crippen LogP contribution is -2.29. The van der Waals surface area contributed by atoms with Gasteiger partial charge in [-0.3, -0.25) is 0 Å². The first-order valence-electron chi connectivity index (χ1n) is 7.19. The lowest BCUT2D eigenvalue weighted by molar-refractivity contribution is 0.0285. The van der Waals surface area contributed by atoms with E-state index >= 15 is 0 Å². The van der Waals surface area contributed by atoms with Crippen molar-refractivity contribution in [1.82, 2.24) is 5.32 Å². The van der Waals surface area contributed by atoms with Crippen molar-refractivity contribution >= 4 is 12.4 Å². The van der Waals surface area contributed by atoms with E-state index < -0.39 is 6.10 Å². The zero-order chi connectivity index (χ0) is 15.2. The van der Waals surface area contributed by atoms with E-state index in [1.807, 2.05) is 30.3 Å². The Morgan fingerprint density at radius 2 is 2.09 bits per heavy atom. The summed E-state index contributed by atoms with van der Waals surface area (Å²) in [6.07, 6.45) is 1.06. The lowest BCUT2D eigenvalue weighted by atomic mass is 10.2. The number of hydrogen-bond donors (Lipinski definition) is 2. The van der Waals surface area contributed by atoms with Crippen LogP contribution < -0.4 is 14.8 Å². The Labute approximate surface area is 140 Å². The first-order chi connectivity index (χ1) is 10.8. The number of aliphatic hydroxyl groups excluding tert-OH is 1. The molecule has 126 valence electrons. The molecule has 0 amide bonds. The van der Waals surface area contributed by atoms with E-state index in [4.69, 9.17) is 18.6 Å². The molecule has 2 heterocycles. The largest absolute Gasteiger partial charge is 0.468 e. The van der Waals surface area contributed by atoms with Crippen LogP contribution in [0.25, 0.3) is 0 Å². The van der Waals surface area contributed by atoms with Gasteiger partial charge >= 0.3 is 0 Å². The first kappa shape index (κ1) is 17.6. The predicted octanol–water partition coefficient (Wildman–Crippen LogP) is 2.10. The molecule has 1 unspecified atom stereocenters. The smallest absolute Gasteiger partial charge is 0.231 e. The van der Waals surface area contributed by atoms with Crippen molar-refractivity contribution in [3.63, 3.8) is 0 Å². The van der Waals surface area contributed by atoms with Crippen LogP contribution in [-0.2, 0) is 17.9 Å². The maximum absolute atomic E-state index is 9.85. The highest BCUT2D eigenvalue weighted by Gasteiger charge is 2.13. The van der Waals surface area contributed by atoms with E-state index in [1.54, 1.807) is 6.26 Å². The minimum Gasteiger partial charge on any atom is -0.468 e. The molecule has 0 fully saturated rings. The molecule has 1 aromatic heterocycles. The van der Waals surface area contributed by atoms with Crippen molar-refractivity contribution in [3.8, 4) is 11.5 Å². The molecule has 0 spiro atoms. The summed E-state index contributed by atoms with van der Waals surface area (Å²) in [5, 5.41) is 13.0. The number of rotatable bonds is 8. The van der Waals surface area contributed by atoms with Crippen LogP contribution in [0.4, 0.5) is 0 Å². The summed E-state index contributed by atoms with van der Waals surface area (Å²) in [6.45, 7) is 1.99. The number of hydrogen-bond acceptors (Lipinski definition) is 6. The molecule has 0 radical (unpaired) electrons. The summed E-state index contributed by atoms with van der Waals surface area (Å²) in [5.74, 6) is 2.33. The normalized spacial score (nSPS) is 13.6. The van der Waals surface area contributed by atoms with Gasteiger partial charge in [0.05, 0.1) is 32.1 Å². The van der Waals surface area contributed by atoms with Gasteiger partial charge in [-0.25, -0.2) is 0 Å². The molecule has 0 bridgehead atoms. The van der Waals surface area contributed by atoms with Gasteiger partial charge in [-0.2, -0.15) is 0 Å². The van der Waals surface area contributed by atoms with E-state index in [2.05, 4.69) is 5.32 Å².